The van der Waals surface area contributed by atoms with Crippen LogP contribution >= 0.6 is 0 Å². The summed E-state index contributed by atoms with van der Waals surface area (Å²) in [6, 6.07) is 0. The van der Waals surface area contributed by atoms with Gasteiger partial charge in [-0.25, -0.2) is 0 Å². The lowest BCUT2D eigenvalue weighted by molar-refractivity contribution is -0.230. The van der Waals surface area contributed by atoms with Crippen LogP contribution in [-0.2, 0) is 4.79 Å². The molecule has 0 aromatic carbocycles. The van der Waals surface area contributed by atoms with Gasteiger partial charge in [-0.2, -0.15) is 0 Å². The van der Waals surface area contributed by atoms with E-state index < -0.39 is 0 Å². The van der Waals surface area contributed by atoms with Gasteiger partial charge in [-0.15, -0.1) is 0 Å². The van der Waals surface area contributed by atoms with E-state index in [-0.39, 0.29) is 5.41 Å². The predicted molar refractivity (Wildman–Crippen MR) is 139 cm³/mol. The molecular formula is C32H50O. The number of hydrogen-bond donors (Lipinski definition) is 0. The standard InChI is InChI=1S/C32H50O/c1-9-15-32-18-12-22(21(2)3)27(32)23-10-11-25-29(6)16-14-26(33)28(4,5)24(29)13-17-31(25,8)30(23,7)19-20-32/h9,15,22-25,27H,2,10-14,16-20H2,1,3-8H3/b15-9+/t22?,23?,24?,25?,27?,29-,30+,31+,32+/m0/s1. The van der Waals surface area contributed by atoms with Gasteiger partial charge in [-0.1, -0.05) is 58.9 Å². The summed E-state index contributed by atoms with van der Waals surface area (Å²) in [6.45, 7) is 21.6. The number of hydrogen-bond acceptors (Lipinski definition) is 1. The van der Waals surface area contributed by atoms with E-state index in [1.54, 1.807) is 0 Å². The van der Waals surface area contributed by atoms with Crippen LogP contribution in [0.2, 0.25) is 0 Å². The Balaban J connectivity index is 1.56. The van der Waals surface area contributed by atoms with E-state index in [1.165, 1.54) is 56.9 Å². The highest BCUT2D eigenvalue weighted by Crippen LogP contribution is 2.77. The highest BCUT2D eigenvalue weighted by Gasteiger charge is 2.70. The van der Waals surface area contributed by atoms with E-state index in [9.17, 15) is 4.79 Å². The van der Waals surface area contributed by atoms with Crippen LogP contribution in [0.4, 0.5) is 0 Å². The summed E-state index contributed by atoms with van der Waals surface area (Å²) in [4.78, 5) is 13.0. The molecule has 5 aliphatic carbocycles. The highest BCUT2D eigenvalue weighted by molar-refractivity contribution is 5.85. The van der Waals surface area contributed by atoms with Gasteiger partial charge in [-0.05, 0) is 123 Å². The average Bonchev–Trinajstić information content (AvgIpc) is 3.12. The zero-order valence-corrected chi connectivity index (χ0v) is 22.7. The second-order valence-electron chi connectivity index (χ2n) is 14.6. The van der Waals surface area contributed by atoms with Crippen molar-refractivity contribution in [2.45, 2.75) is 113 Å². The Kier molecular flexibility index (Phi) is 5.30. The number of rotatable bonds is 2. The molecular weight excluding hydrogens is 400 g/mol. The summed E-state index contributed by atoms with van der Waals surface area (Å²) < 4.78 is 0. The SMILES string of the molecule is C=C(C)C1CC[C@]2(/C=C/C)CC[C@]3(C)C(CCC4[C@@]5(C)CCC(=O)C(C)(C)C5CC[C@]43C)C12. The quantitative estimate of drug-likeness (QED) is 0.384. The highest BCUT2D eigenvalue weighted by atomic mass is 16.1. The maximum Gasteiger partial charge on any atom is 0.138 e. The van der Waals surface area contributed by atoms with Gasteiger partial charge in [0.1, 0.15) is 5.78 Å². The summed E-state index contributed by atoms with van der Waals surface area (Å²) in [5, 5.41) is 0. The van der Waals surface area contributed by atoms with Crippen LogP contribution in [0.3, 0.4) is 0 Å². The lowest BCUT2D eigenvalue weighted by atomic mass is 9.32. The van der Waals surface area contributed by atoms with Gasteiger partial charge < -0.3 is 0 Å². The molecule has 0 spiro atoms. The molecule has 9 atom stereocenters. The molecule has 5 fully saturated rings. The second kappa shape index (κ2) is 7.33. The first kappa shape index (κ1) is 23.9. The molecule has 0 bridgehead atoms. The van der Waals surface area contributed by atoms with Crippen molar-refractivity contribution in [1.29, 1.82) is 0 Å². The molecule has 1 heteroatoms. The molecule has 5 aliphatic rings. The molecule has 5 saturated carbocycles. The topological polar surface area (TPSA) is 17.1 Å². The van der Waals surface area contributed by atoms with Gasteiger partial charge in [0, 0.05) is 11.8 Å². The van der Waals surface area contributed by atoms with Crippen LogP contribution in [0, 0.1) is 56.7 Å². The monoisotopic (exact) mass is 450 g/mol. The van der Waals surface area contributed by atoms with E-state index in [0.717, 1.165) is 30.6 Å². The average molecular weight is 451 g/mol. The van der Waals surface area contributed by atoms with Gasteiger partial charge in [0.15, 0.2) is 0 Å². The Hall–Kier alpha value is -0.850. The molecule has 5 unspecified atom stereocenters. The Morgan fingerprint density at radius 1 is 0.879 bits per heavy atom. The third kappa shape index (κ3) is 2.86. The largest absolute Gasteiger partial charge is 0.299 e. The summed E-state index contributed by atoms with van der Waals surface area (Å²) in [5.41, 5.74) is 2.82. The van der Waals surface area contributed by atoms with Gasteiger partial charge >= 0.3 is 0 Å². The van der Waals surface area contributed by atoms with Crippen LogP contribution in [0.15, 0.2) is 24.3 Å². The molecule has 0 radical (unpaired) electrons. The molecule has 5 rings (SSSR count). The zero-order chi connectivity index (χ0) is 24.0. The van der Waals surface area contributed by atoms with E-state index in [0.29, 0.717) is 39.3 Å². The van der Waals surface area contributed by atoms with Crippen molar-refractivity contribution in [2.75, 3.05) is 0 Å². The Labute approximate surface area is 204 Å². The molecule has 0 aromatic rings. The first-order valence-corrected chi connectivity index (χ1v) is 14.2. The van der Waals surface area contributed by atoms with Gasteiger partial charge in [0.25, 0.3) is 0 Å². The predicted octanol–water partition coefficient (Wildman–Crippen LogP) is 8.79. The van der Waals surface area contributed by atoms with Gasteiger partial charge in [-0.3, -0.25) is 4.79 Å². The normalized spacial score (nSPS) is 53.2. The number of allylic oxidation sites excluding steroid dienone is 3. The number of ketones is 1. The van der Waals surface area contributed by atoms with Gasteiger partial charge in [0.2, 0.25) is 0 Å². The minimum absolute atomic E-state index is 0.143. The summed E-state index contributed by atoms with van der Waals surface area (Å²) in [5.74, 6) is 4.13. The maximum absolute atomic E-state index is 13.0. The summed E-state index contributed by atoms with van der Waals surface area (Å²) in [6.07, 6.45) is 17.7. The van der Waals surface area contributed by atoms with Crippen molar-refractivity contribution in [2.24, 2.45) is 56.7 Å². The van der Waals surface area contributed by atoms with Crippen molar-refractivity contribution in [3.8, 4) is 0 Å². The molecule has 1 nitrogen and oxygen atoms in total. The third-order valence-electron chi connectivity index (χ3n) is 13.4. The fourth-order valence-corrected chi connectivity index (χ4v) is 11.6. The molecule has 0 heterocycles. The lowest BCUT2D eigenvalue weighted by Crippen LogP contribution is -2.66. The number of Topliss-reactive ketones (excluding diaryl/α,β-unsaturated/α-hetero) is 1. The fourth-order valence-electron chi connectivity index (χ4n) is 11.6. The maximum atomic E-state index is 13.0. The van der Waals surface area contributed by atoms with E-state index in [4.69, 9.17) is 0 Å². The first-order chi connectivity index (χ1) is 15.4. The molecule has 184 valence electrons. The number of carbonyl (C=O) groups excluding carboxylic acids is 1. The van der Waals surface area contributed by atoms with E-state index in [1.807, 2.05) is 0 Å². The van der Waals surface area contributed by atoms with Crippen molar-refractivity contribution < 1.29 is 4.79 Å². The van der Waals surface area contributed by atoms with Crippen LogP contribution in [0.25, 0.3) is 0 Å². The number of fused-ring (bicyclic) bond motifs is 7. The fraction of sp³-hybridized carbons (Fsp3) is 0.844. The molecule has 0 N–H and O–H groups in total. The molecule has 33 heavy (non-hydrogen) atoms. The zero-order valence-electron chi connectivity index (χ0n) is 22.7. The Bertz CT molecular complexity index is 879. The van der Waals surface area contributed by atoms with Crippen molar-refractivity contribution in [3.63, 3.8) is 0 Å². The van der Waals surface area contributed by atoms with E-state index in [2.05, 4.69) is 67.2 Å². The first-order valence-electron chi connectivity index (χ1n) is 14.2. The summed E-state index contributed by atoms with van der Waals surface area (Å²) >= 11 is 0. The van der Waals surface area contributed by atoms with Crippen LogP contribution in [0.5, 0.6) is 0 Å². The molecule has 0 amide bonds. The lowest BCUT2D eigenvalue weighted by Gasteiger charge is -2.72. The Morgan fingerprint density at radius 2 is 1.61 bits per heavy atom. The van der Waals surface area contributed by atoms with Crippen LogP contribution < -0.4 is 0 Å². The van der Waals surface area contributed by atoms with Crippen molar-refractivity contribution in [1.82, 2.24) is 0 Å². The van der Waals surface area contributed by atoms with Crippen molar-refractivity contribution in [3.05, 3.63) is 24.3 Å². The van der Waals surface area contributed by atoms with Crippen molar-refractivity contribution >= 4 is 5.78 Å². The van der Waals surface area contributed by atoms with Gasteiger partial charge in [0.05, 0.1) is 0 Å². The number of carbonyl (C=O) groups is 1. The second-order valence-corrected chi connectivity index (χ2v) is 14.6. The molecule has 0 aliphatic heterocycles. The van der Waals surface area contributed by atoms with E-state index >= 15 is 0 Å². The minimum atomic E-state index is -0.143. The minimum Gasteiger partial charge on any atom is -0.299 e. The Morgan fingerprint density at radius 3 is 2.27 bits per heavy atom. The summed E-state index contributed by atoms with van der Waals surface area (Å²) in [7, 11) is 0. The smallest absolute Gasteiger partial charge is 0.138 e. The van der Waals surface area contributed by atoms with Crippen LogP contribution in [-0.4, -0.2) is 5.78 Å². The molecule has 0 aromatic heterocycles. The van der Waals surface area contributed by atoms with Crippen LogP contribution in [0.1, 0.15) is 113 Å². The molecule has 0 saturated heterocycles. The third-order valence-corrected chi connectivity index (χ3v) is 13.4.